The van der Waals surface area contributed by atoms with Crippen molar-refractivity contribution in [2.24, 2.45) is 0 Å². The van der Waals surface area contributed by atoms with E-state index in [2.05, 4.69) is 0 Å². The highest BCUT2D eigenvalue weighted by Gasteiger charge is 2.28. The molecule has 1 aromatic carbocycles. The molecule has 0 fully saturated rings. The fourth-order valence-electron chi connectivity index (χ4n) is 0.962. The smallest absolute Gasteiger partial charge is 0.508 e. The van der Waals surface area contributed by atoms with Gasteiger partial charge < -0.3 is 18.1 Å². The monoisotopic (exact) mass is 189 g/mol. The third kappa shape index (κ3) is 2.02. The zero-order valence-electron chi connectivity index (χ0n) is 6.38. The van der Waals surface area contributed by atoms with Crippen LogP contribution in [0.15, 0.2) is 18.2 Å². The van der Waals surface area contributed by atoms with Gasteiger partial charge in [0.15, 0.2) is 0 Å². The minimum atomic E-state index is -5.19. The first-order valence-electron chi connectivity index (χ1n) is 3.43. The first kappa shape index (κ1) is 9.63. The number of hydrogen-bond acceptors (Lipinski definition) is 2. The summed E-state index contributed by atoms with van der Waals surface area (Å²) in [6.07, 6.45) is 0.0737. The molecule has 13 heavy (non-hydrogen) atoms. The van der Waals surface area contributed by atoms with Crippen molar-refractivity contribution >= 4 is 18.7 Å². The highest BCUT2D eigenvalue weighted by molar-refractivity contribution is 6.74. The molecular weight excluding hydrogens is 184 g/mol. The Bertz CT molecular complexity index is 335. The molecule has 0 bridgehead atoms. The van der Waals surface area contributed by atoms with Gasteiger partial charge in [-0.25, -0.2) is 0 Å². The summed E-state index contributed by atoms with van der Waals surface area (Å²) >= 11 is 0. The molecule has 0 saturated heterocycles. The average molecular weight is 189 g/mol. The molecule has 70 valence electrons. The van der Waals surface area contributed by atoms with Gasteiger partial charge >= 0.3 is 6.98 Å². The summed E-state index contributed by atoms with van der Waals surface area (Å²) in [7, 11) is 0. The maximum Gasteiger partial charge on any atom is 0.510 e. The van der Waals surface area contributed by atoms with E-state index >= 15 is 0 Å². The molecule has 1 N–H and O–H groups in total. The summed E-state index contributed by atoms with van der Waals surface area (Å²) in [6.45, 7) is -5.19. The van der Waals surface area contributed by atoms with Gasteiger partial charge in [-0.2, -0.15) is 0 Å². The first-order valence-corrected chi connectivity index (χ1v) is 3.43. The second-order valence-corrected chi connectivity index (χ2v) is 2.51. The Kier molecular flexibility index (Phi) is 2.31. The number of carbonyl (C=O) groups is 1. The van der Waals surface area contributed by atoms with Crippen molar-refractivity contribution in [3.05, 3.63) is 23.8 Å². The number of hydrogen-bond donors (Lipinski definition) is 1. The van der Waals surface area contributed by atoms with Crippen LogP contribution in [0.2, 0.25) is 0 Å². The van der Waals surface area contributed by atoms with Crippen molar-refractivity contribution in [1.29, 1.82) is 0 Å². The molecule has 0 aliphatic heterocycles. The number of carbonyl (C=O) groups excluding carboxylic acids is 1. The van der Waals surface area contributed by atoms with Crippen LogP contribution in [0.4, 0.5) is 12.9 Å². The lowest BCUT2D eigenvalue weighted by atomic mass is 9.77. The topological polar surface area (TPSA) is 37.3 Å². The van der Waals surface area contributed by atoms with E-state index < -0.39 is 18.0 Å². The zero-order valence-corrected chi connectivity index (χ0v) is 6.38. The lowest BCUT2D eigenvalue weighted by molar-refractivity contribution is 0.112. The van der Waals surface area contributed by atoms with Gasteiger partial charge in [-0.1, -0.05) is 11.5 Å². The van der Waals surface area contributed by atoms with Crippen LogP contribution in [0.3, 0.4) is 0 Å². The van der Waals surface area contributed by atoms with Crippen LogP contribution in [-0.4, -0.2) is 18.4 Å². The van der Waals surface area contributed by atoms with Crippen molar-refractivity contribution in [2.45, 2.75) is 0 Å². The zero-order chi connectivity index (χ0) is 10.1. The van der Waals surface area contributed by atoms with Gasteiger partial charge in [0.05, 0.1) is 0 Å². The molecule has 0 saturated carbocycles. The van der Waals surface area contributed by atoms with E-state index in [1.165, 1.54) is 0 Å². The summed E-state index contributed by atoms with van der Waals surface area (Å²) in [5.74, 6) is -0.356. The van der Waals surface area contributed by atoms with Gasteiger partial charge in [0.25, 0.3) is 0 Å². The van der Waals surface area contributed by atoms with E-state index in [0.717, 1.165) is 12.1 Å². The van der Waals surface area contributed by atoms with Crippen LogP contribution < -0.4 is 5.46 Å². The molecule has 0 aliphatic rings. The summed E-state index contributed by atoms with van der Waals surface area (Å²) < 4.78 is 36.6. The Morgan fingerprint density at radius 1 is 1.31 bits per heavy atom. The molecule has 0 aliphatic carbocycles. The van der Waals surface area contributed by atoms with Gasteiger partial charge in [0, 0.05) is 0 Å². The maximum atomic E-state index is 12.2. The Labute approximate surface area is 72.1 Å². The Hall–Kier alpha value is -1.46. The summed E-state index contributed by atoms with van der Waals surface area (Å²) in [5.41, 5.74) is -1.51. The van der Waals surface area contributed by atoms with E-state index in [-0.39, 0.29) is 12.0 Å². The SMILES string of the molecule is O=Cc1cc(O)ccc1[B-](F)(F)F. The van der Waals surface area contributed by atoms with E-state index in [4.69, 9.17) is 5.11 Å². The largest absolute Gasteiger partial charge is 0.510 e. The summed E-state index contributed by atoms with van der Waals surface area (Å²) in [5, 5.41) is 8.82. The number of phenolic OH excluding ortho intramolecular Hbond substituents is 1. The van der Waals surface area contributed by atoms with Gasteiger partial charge in [0.1, 0.15) is 12.0 Å². The number of phenols is 1. The third-order valence-corrected chi connectivity index (χ3v) is 1.55. The molecule has 1 aromatic rings. The quantitative estimate of drug-likeness (QED) is 0.561. The lowest BCUT2D eigenvalue weighted by Gasteiger charge is -2.16. The number of aldehydes is 1. The first-order chi connectivity index (χ1) is 5.95. The van der Waals surface area contributed by atoms with Gasteiger partial charge in [0.2, 0.25) is 0 Å². The second kappa shape index (κ2) is 3.12. The summed E-state index contributed by atoms with van der Waals surface area (Å²) in [6, 6.07) is 2.38. The number of benzene rings is 1. The lowest BCUT2D eigenvalue weighted by Crippen LogP contribution is -2.36. The minimum absolute atomic E-state index is 0.0737. The number of rotatable bonds is 2. The maximum absolute atomic E-state index is 12.2. The van der Waals surface area contributed by atoms with Gasteiger partial charge in [-0.3, -0.25) is 4.79 Å². The standard InChI is InChI=1S/C7H5BF3O2/c9-8(10,11)7-2-1-6(13)3-5(7)4-12/h1-4,13H/q-1. The minimum Gasteiger partial charge on any atom is -0.508 e. The van der Waals surface area contributed by atoms with Crippen LogP contribution >= 0.6 is 0 Å². The van der Waals surface area contributed by atoms with Gasteiger partial charge in [-0.05, 0) is 17.7 Å². The molecule has 0 radical (unpaired) electrons. The Balaban J connectivity index is 3.29. The summed E-state index contributed by atoms with van der Waals surface area (Å²) in [4.78, 5) is 10.2. The van der Waals surface area contributed by atoms with Crippen molar-refractivity contribution in [2.75, 3.05) is 0 Å². The molecule has 0 heterocycles. The predicted octanol–water partition coefficient (Wildman–Crippen LogP) is 1.26. The molecule has 1 rings (SSSR count). The number of halogens is 3. The van der Waals surface area contributed by atoms with Crippen molar-refractivity contribution < 1.29 is 22.8 Å². The molecular formula is C7H5BF3O2-. The average Bonchev–Trinajstić information content (AvgIpc) is 2.01. The normalized spacial score (nSPS) is 11.3. The van der Waals surface area contributed by atoms with Crippen molar-refractivity contribution in [3.63, 3.8) is 0 Å². The molecule has 6 heteroatoms. The van der Waals surface area contributed by atoms with Crippen LogP contribution in [0.5, 0.6) is 5.75 Å². The fraction of sp³-hybridized carbons (Fsp3) is 0. The molecule has 0 spiro atoms. The Morgan fingerprint density at radius 3 is 2.38 bits per heavy atom. The third-order valence-electron chi connectivity index (χ3n) is 1.55. The van der Waals surface area contributed by atoms with Crippen molar-refractivity contribution in [3.8, 4) is 5.75 Å². The molecule has 0 amide bonds. The second-order valence-electron chi connectivity index (χ2n) is 2.51. The van der Waals surface area contributed by atoms with Crippen LogP contribution in [0.25, 0.3) is 0 Å². The predicted molar refractivity (Wildman–Crippen MR) is 42.2 cm³/mol. The fourth-order valence-corrected chi connectivity index (χ4v) is 0.962. The van der Waals surface area contributed by atoms with Crippen molar-refractivity contribution in [1.82, 2.24) is 0 Å². The molecule has 0 aromatic heterocycles. The molecule has 0 atom stereocenters. The van der Waals surface area contributed by atoms with E-state index in [9.17, 15) is 17.7 Å². The molecule has 2 nitrogen and oxygen atoms in total. The van der Waals surface area contributed by atoms with Gasteiger partial charge in [-0.15, -0.1) is 0 Å². The molecule has 0 unspecified atom stereocenters. The van der Waals surface area contributed by atoms with E-state index in [1.54, 1.807) is 0 Å². The van der Waals surface area contributed by atoms with E-state index in [1.807, 2.05) is 0 Å². The highest BCUT2D eigenvalue weighted by Crippen LogP contribution is 2.15. The van der Waals surface area contributed by atoms with E-state index in [0.29, 0.717) is 6.07 Å². The van der Waals surface area contributed by atoms with Crippen LogP contribution in [0.1, 0.15) is 10.4 Å². The highest BCUT2D eigenvalue weighted by atomic mass is 19.4. The van der Waals surface area contributed by atoms with Crippen LogP contribution in [-0.2, 0) is 0 Å². The number of aromatic hydroxyl groups is 1. The van der Waals surface area contributed by atoms with Crippen LogP contribution in [0, 0.1) is 0 Å². The Morgan fingerprint density at radius 2 is 1.92 bits per heavy atom.